The fourth-order valence-corrected chi connectivity index (χ4v) is 4.68. The summed E-state index contributed by atoms with van der Waals surface area (Å²) in [5.74, 6) is -2.21. The molecule has 4 N–H and O–H groups in total. The third kappa shape index (κ3) is 5.49. The number of halogens is 2. The average Bonchev–Trinajstić information content (AvgIpc) is 3.36. The minimum absolute atomic E-state index is 0.0517. The second kappa shape index (κ2) is 11.7. The van der Waals surface area contributed by atoms with Gasteiger partial charge in [0.25, 0.3) is 5.95 Å². The number of benzene rings is 2. The molecule has 1 unspecified atom stereocenters. The topological polar surface area (TPSA) is 164 Å². The molecule has 14 heteroatoms. The number of fused-ring (bicyclic) bond motifs is 1. The number of nitrogens with zero attached hydrogens (tertiary/aromatic N) is 6. The van der Waals surface area contributed by atoms with Crippen LogP contribution in [0.1, 0.15) is 40.1 Å². The summed E-state index contributed by atoms with van der Waals surface area (Å²) in [6, 6.07) is 13.1. The van der Waals surface area contributed by atoms with Crippen molar-refractivity contribution in [2.45, 2.75) is 19.4 Å². The van der Waals surface area contributed by atoms with Gasteiger partial charge in [-0.25, -0.2) is 23.4 Å². The molecule has 0 bridgehead atoms. The van der Waals surface area contributed by atoms with Gasteiger partial charge in [-0.2, -0.15) is 19.7 Å². The molecule has 0 saturated heterocycles. The highest BCUT2D eigenvalue weighted by Gasteiger charge is 2.31. The van der Waals surface area contributed by atoms with Crippen molar-refractivity contribution in [3.63, 3.8) is 0 Å². The van der Waals surface area contributed by atoms with Gasteiger partial charge in [0.15, 0.2) is 11.6 Å². The molecular weight excluding hydrogens is 562 g/mol. The molecule has 0 radical (unpaired) electrons. The van der Waals surface area contributed by atoms with Gasteiger partial charge in [0.05, 0.1) is 43.2 Å². The van der Waals surface area contributed by atoms with Gasteiger partial charge in [-0.05, 0) is 36.2 Å². The van der Waals surface area contributed by atoms with E-state index in [2.05, 4.69) is 20.1 Å². The lowest BCUT2D eigenvalue weighted by molar-refractivity contribution is 0.0600. The van der Waals surface area contributed by atoms with Crippen molar-refractivity contribution in [1.82, 2.24) is 24.7 Å². The number of aromatic nitrogens is 5. The van der Waals surface area contributed by atoms with Crippen LogP contribution < -0.4 is 16.4 Å². The number of carbonyl (C=O) groups excluding carboxylic acids is 2. The van der Waals surface area contributed by atoms with Gasteiger partial charge in [0.1, 0.15) is 22.8 Å². The number of nitrogens with two attached hydrogens (primary N) is 2. The van der Waals surface area contributed by atoms with E-state index in [0.29, 0.717) is 22.3 Å². The van der Waals surface area contributed by atoms with Gasteiger partial charge >= 0.3 is 12.1 Å². The molecule has 3 aromatic heterocycles. The van der Waals surface area contributed by atoms with E-state index in [1.807, 2.05) is 0 Å². The normalized spacial score (nSPS) is 11.7. The van der Waals surface area contributed by atoms with Crippen molar-refractivity contribution >= 4 is 40.4 Å². The predicted molar refractivity (Wildman–Crippen MR) is 154 cm³/mol. The number of rotatable bonds is 7. The number of hydrogen-bond acceptors (Lipinski definition) is 10. The number of anilines is 3. The monoisotopic (exact) mass is 588 g/mol. The first-order valence-corrected chi connectivity index (χ1v) is 12.9. The molecule has 12 nitrogen and oxygen atoms in total. The zero-order valence-electron chi connectivity index (χ0n) is 23.3. The highest BCUT2D eigenvalue weighted by atomic mass is 19.1. The van der Waals surface area contributed by atoms with Gasteiger partial charge in [0.2, 0.25) is 0 Å². The van der Waals surface area contributed by atoms with Crippen molar-refractivity contribution in [1.29, 1.82) is 0 Å². The first kappa shape index (κ1) is 28.9. The van der Waals surface area contributed by atoms with E-state index in [0.717, 1.165) is 11.1 Å². The van der Waals surface area contributed by atoms with Crippen LogP contribution in [0.3, 0.4) is 0 Å². The van der Waals surface area contributed by atoms with Crippen LogP contribution in [0, 0.1) is 11.6 Å². The van der Waals surface area contributed by atoms with E-state index in [1.54, 1.807) is 49.4 Å². The van der Waals surface area contributed by atoms with Gasteiger partial charge < -0.3 is 20.9 Å². The molecule has 3 heterocycles. The number of ether oxygens (including phenoxy) is 2. The maximum absolute atomic E-state index is 14.4. The molecule has 220 valence electrons. The SMILES string of the molecule is COC(=O)c1cccc(C(C)N(C(=O)OC)c2c(N)nc(-n3nc(Cc4ccccc4F)c4ncc(F)cc43)nc2N)c1. The minimum Gasteiger partial charge on any atom is -0.465 e. The Morgan fingerprint density at radius 3 is 2.40 bits per heavy atom. The maximum Gasteiger partial charge on any atom is 0.414 e. The van der Waals surface area contributed by atoms with Crippen LogP contribution >= 0.6 is 0 Å². The highest BCUT2D eigenvalue weighted by Crippen LogP contribution is 2.36. The zero-order valence-corrected chi connectivity index (χ0v) is 23.3. The second-order valence-electron chi connectivity index (χ2n) is 9.42. The highest BCUT2D eigenvalue weighted by molar-refractivity contribution is 5.96. The number of hydrogen-bond donors (Lipinski definition) is 2. The molecule has 2 aromatic carbocycles. The van der Waals surface area contributed by atoms with Crippen LogP contribution in [0.2, 0.25) is 0 Å². The summed E-state index contributed by atoms with van der Waals surface area (Å²) >= 11 is 0. The van der Waals surface area contributed by atoms with Crippen LogP contribution in [0.4, 0.5) is 30.9 Å². The maximum atomic E-state index is 14.4. The Bertz CT molecular complexity index is 1840. The van der Waals surface area contributed by atoms with Crippen molar-refractivity contribution in [2.24, 2.45) is 0 Å². The lowest BCUT2D eigenvalue weighted by Gasteiger charge is -2.29. The van der Waals surface area contributed by atoms with E-state index >= 15 is 0 Å². The summed E-state index contributed by atoms with van der Waals surface area (Å²) < 4.78 is 39.7. The number of amides is 1. The Morgan fingerprint density at radius 1 is 1.00 bits per heavy atom. The molecule has 1 atom stereocenters. The molecule has 0 aliphatic rings. The number of nitrogen functional groups attached to an aromatic ring is 2. The molecule has 0 aliphatic heterocycles. The Kier molecular flexibility index (Phi) is 7.84. The van der Waals surface area contributed by atoms with Crippen molar-refractivity contribution in [3.8, 4) is 5.95 Å². The van der Waals surface area contributed by atoms with Crippen LogP contribution in [0.25, 0.3) is 17.0 Å². The second-order valence-corrected chi connectivity index (χ2v) is 9.42. The molecule has 43 heavy (non-hydrogen) atoms. The Balaban J connectivity index is 1.60. The van der Waals surface area contributed by atoms with E-state index in [1.165, 1.54) is 31.0 Å². The summed E-state index contributed by atoms with van der Waals surface area (Å²) in [6.07, 6.45) is 0.251. The smallest absolute Gasteiger partial charge is 0.414 e. The quantitative estimate of drug-likeness (QED) is 0.261. The molecule has 0 aliphatic carbocycles. The lowest BCUT2D eigenvalue weighted by Crippen LogP contribution is -2.35. The summed E-state index contributed by atoms with van der Waals surface area (Å²) in [6.45, 7) is 1.67. The van der Waals surface area contributed by atoms with Crippen molar-refractivity contribution < 1.29 is 27.8 Å². The van der Waals surface area contributed by atoms with E-state index < -0.39 is 29.7 Å². The molecule has 0 saturated carbocycles. The number of esters is 1. The summed E-state index contributed by atoms with van der Waals surface area (Å²) in [5, 5.41) is 4.50. The third-order valence-corrected chi connectivity index (χ3v) is 6.78. The van der Waals surface area contributed by atoms with E-state index in [-0.39, 0.29) is 40.8 Å². The van der Waals surface area contributed by atoms with E-state index in [4.69, 9.17) is 20.9 Å². The standard InChI is InChI=1S/C29H26F2N8O4/c1-15(16-8-6-9-18(11-16)27(40)42-2)38(29(41)43-3)24-25(32)35-28(36-26(24)33)39-22-13-19(30)14-34-23(22)21(37-39)12-17-7-4-5-10-20(17)31/h4-11,13-15H,12H2,1-3H3,(H4,32,33,35,36). The number of carbonyl (C=O) groups is 2. The lowest BCUT2D eigenvalue weighted by atomic mass is 10.0. The van der Waals surface area contributed by atoms with Gasteiger partial charge in [-0.15, -0.1) is 0 Å². The van der Waals surface area contributed by atoms with Crippen molar-refractivity contribution in [3.05, 3.63) is 94.8 Å². The summed E-state index contributed by atoms with van der Waals surface area (Å²) in [7, 11) is 2.44. The largest absolute Gasteiger partial charge is 0.465 e. The fraction of sp³-hybridized carbons (Fsp3) is 0.172. The predicted octanol–water partition coefficient (Wildman–Crippen LogP) is 4.36. The third-order valence-electron chi connectivity index (χ3n) is 6.78. The molecule has 5 aromatic rings. The molecule has 0 spiro atoms. The zero-order chi connectivity index (χ0) is 30.8. The van der Waals surface area contributed by atoms with Gasteiger partial charge in [0, 0.05) is 12.5 Å². The summed E-state index contributed by atoms with van der Waals surface area (Å²) in [4.78, 5) is 39.1. The van der Waals surface area contributed by atoms with Crippen LogP contribution in [-0.2, 0) is 15.9 Å². The average molecular weight is 589 g/mol. The fourth-order valence-electron chi connectivity index (χ4n) is 4.68. The number of methoxy groups -OCH3 is 2. The van der Waals surface area contributed by atoms with Crippen LogP contribution in [-0.4, -0.2) is 51.0 Å². The minimum atomic E-state index is -0.825. The van der Waals surface area contributed by atoms with Crippen LogP contribution in [0.15, 0.2) is 60.8 Å². The Labute approximate surface area is 243 Å². The first-order valence-electron chi connectivity index (χ1n) is 12.9. The van der Waals surface area contributed by atoms with Crippen molar-refractivity contribution in [2.75, 3.05) is 30.6 Å². The van der Waals surface area contributed by atoms with Gasteiger partial charge in [-0.3, -0.25) is 4.90 Å². The van der Waals surface area contributed by atoms with E-state index in [9.17, 15) is 18.4 Å². The molecule has 1 amide bonds. The Hall–Kier alpha value is -5.66. The molecule has 0 fully saturated rings. The molecule has 5 rings (SSSR count). The first-order chi connectivity index (χ1) is 20.6. The van der Waals surface area contributed by atoms with Crippen LogP contribution in [0.5, 0.6) is 0 Å². The van der Waals surface area contributed by atoms with Gasteiger partial charge in [-0.1, -0.05) is 30.3 Å². The molecular formula is C29H26F2N8O4. The number of pyridine rings is 1. The Morgan fingerprint density at radius 2 is 1.72 bits per heavy atom. The summed E-state index contributed by atoms with van der Waals surface area (Å²) in [5.41, 5.74) is 14.6.